The van der Waals surface area contributed by atoms with Gasteiger partial charge < -0.3 is 15.4 Å². The lowest BCUT2D eigenvalue weighted by molar-refractivity contribution is -0.153. The molecular weight excluding hydrogens is 389 g/mol. The zero-order valence-electron chi connectivity index (χ0n) is 16.1. The Kier molecular flexibility index (Phi) is 8.10. The third-order valence-corrected chi connectivity index (χ3v) is 4.50. The standard InChI is InChI=1S/C19H25F3N4OS/c1-4-23-18(25-10-17-26-16(11-28-17)13(2)3)24-9-14-6-5-7-15(8-14)27-12-19(20,21)22/h5-8,11,13H,4,9-10,12H2,1-3H3,(H2,23,24,25). The van der Waals surface area contributed by atoms with E-state index in [4.69, 9.17) is 4.74 Å². The molecule has 1 aromatic carbocycles. The smallest absolute Gasteiger partial charge is 0.422 e. The van der Waals surface area contributed by atoms with E-state index in [1.54, 1.807) is 29.5 Å². The van der Waals surface area contributed by atoms with Crippen LogP contribution in [0.15, 0.2) is 34.6 Å². The maximum atomic E-state index is 12.3. The molecule has 0 saturated heterocycles. The highest BCUT2D eigenvalue weighted by Crippen LogP contribution is 2.20. The summed E-state index contributed by atoms with van der Waals surface area (Å²) < 4.78 is 41.6. The fourth-order valence-corrected chi connectivity index (χ4v) is 3.14. The Balaban J connectivity index is 1.95. The largest absolute Gasteiger partial charge is 0.484 e. The molecule has 2 aromatic rings. The highest BCUT2D eigenvalue weighted by molar-refractivity contribution is 7.09. The second-order valence-electron chi connectivity index (χ2n) is 6.42. The molecular formula is C19H25F3N4OS. The van der Waals surface area contributed by atoms with Crippen molar-refractivity contribution in [3.05, 3.63) is 45.9 Å². The Bertz CT molecular complexity index is 775. The van der Waals surface area contributed by atoms with Crippen molar-refractivity contribution >= 4 is 17.3 Å². The molecule has 0 aliphatic heterocycles. The first-order chi connectivity index (χ1) is 13.3. The fourth-order valence-electron chi connectivity index (χ4n) is 2.24. The molecule has 0 radical (unpaired) electrons. The minimum atomic E-state index is -4.36. The summed E-state index contributed by atoms with van der Waals surface area (Å²) in [6, 6.07) is 6.51. The number of thiazole rings is 1. The average Bonchev–Trinajstić information content (AvgIpc) is 3.11. The number of guanidine groups is 1. The van der Waals surface area contributed by atoms with Crippen molar-refractivity contribution in [3.8, 4) is 5.75 Å². The Morgan fingerprint density at radius 3 is 2.71 bits per heavy atom. The molecule has 154 valence electrons. The van der Waals surface area contributed by atoms with Gasteiger partial charge >= 0.3 is 6.18 Å². The van der Waals surface area contributed by atoms with Crippen LogP contribution in [-0.2, 0) is 13.1 Å². The fraction of sp³-hybridized carbons (Fsp3) is 0.474. The Hall–Kier alpha value is -2.29. The van der Waals surface area contributed by atoms with Gasteiger partial charge in [-0.25, -0.2) is 9.98 Å². The van der Waals surface area contributed by atoms with E-state index in [-0.39, 0.29) is 5.75 Å². The van der Waals surface area contributed by atoms with E-state index in [1.807, 2.05) is 6.92 Å². The van der Waals surface area contributed by atoms with Crippen molar-refractivity contribution in [1.82, 2.24) is 15.6 Å². The Morgan fingerprint density at radius 1 is 1.29 bits per heavy atom. The maximum Gasteiger partial charge on any atom is 0.422 e. The Morgan fingerprint density at radius 2 is 2.07 bits per heavy atom. The van der Waals surface area contributed by atoms with Gasteiger partial charge in [-0.15, -0.1) is 11.3 Å². The van der Waals surface area contributed by atoms with Crippen molar-refractivity contribution in [2.24, 2.45) is 4.99 Å². The summed E-state index contributed by atoms with van der Waals surface area (Å²) in [6.45, 7) is 6.41. The second kappa shape index (κ2) is 10.3. The molecule has 0 spiro atoms. The predicted molar refractivity (Wildman–Crippen MR) is 106 cm³/mol. The normalized spacial score (nSPS) is 12.3. The summed E-state index contributed by atoms with van der Waals surface area (Å²) >= 11 is 1.60. The average molecular weight is 414 g/mol. The first kappa shape index (κ1) is 22.0. The van der Waals surface area contributed by atoms with Crippen LogP contribution in [0.3, 0.4) is 0 Å². The summed E-state index contributed by atoms with van der Waals surface area (Å²) in [5, 5.41) is 9.40. The molecule has 0 saturated carbocycles. The molecule has 0 atom stereocenters. The number of aromatic nitrogens is 1. The Labute approximate surface area is 167 Å². The van der Waals surface area contributed by atoms with Crippen molar-refractivity contribution in [3.63, 3.8) is 0 Å². The van der Waals surface area contributed by atoms with E-state index in [2.05, 4.69) is 39.8 Å². The van der Waals surface area contributed by atoms with Crippen LogP contribution in [0.1, 0.15) is 43.0 Å². The molecule has 2 rings (SSSR count). The van der Waals surface area contributed by atoms with Crippen LogP contribution in [0.5, 0.6) is 5.75 Å². The minimum Gasteiger partial charge on any atom is -0.484 e. The quantitative estimate of drug-likeness (QED) is 0.495. The zero-order valence-corrected chi connectivity index (χ0v) is 17.0. The number of benzene rings is 1. The van der Waals surface area contributed by atoms with Crippen LogP contribution in [0.2, 0.25) is 0 Å². The lowest BCUT2D eigenvalue weighted by Crippen LogP contribution is -2.36. The molecule has 28 heavy (non-hydrogen) atoms. The SMILES string of the molecule is CCNC(=NCc1cccc(OCC(F)(F)F)c1)NCc1nc(C(C)C)cs1. The first-order valence-electron chi connectivity index (χ1n) is 9.01. The van der Waals surface area contributed by atoms with E-state index >= 15 is 0 Å². The number of rotatable bonds is 8. The van der Waals surface area contributed by atoms with E-state index in [0.29, 0.717) is 31.5 Å². The first-order valence-corrected chi connectivity index (χ1v) is 9.89. The molecule has 9 heteroatoms. The van der Waals surface area contributed by atoms with Crippen LogP contribution in [0, 0.1) is 0 Å². The third kappa shape index (κ3) is 7.75. The molecule has 0 amide bonds. The number of aliphatic imine (C=N–C) groups is 1. The lowest BCUT2D eigenvalue weighted by Gasteiger charge is -2.11. The van der Waals surface area contributed by atoms with Crippen LogP contribution in [0.4, 0.5) is 13.2 Å². The topological polar surface area (TPSA) is 58.5 Å². The lowest BCUT2D eigenvalue weighted by atomic mass is 10.2. The van der Waals surface area contributed by atoms with E-state index in [0.717, 1.165) is 16.3 Å². The van der Waals surface area contributed by atoms with Crippen LogP contribution in [0.25, 0.3) is 0 Å². The molecule has 2 N–H and O–H groups in total. The predicted octanol–water partition coefficient (Wildman–Crippen LogP) is 4.46. The molecule has 1 aromatic heterocycles. The van der Waals surface area contributed by atoms with Gasteiger partial charge in [-0.3, -0.25) is 0 Å². The summed E-state index contributed by atoms with van der Waals surface area (Å²) in [4.78, 5) is 9.06. The van der Waals surface area contributed by atoms with Gasteiger partial charge in [0.25, 0.3) is 0 Å². The summed E-state index contributed by atoms with van der Waals surface area (Å²) in [7, 11) is 0. The van der Waals surface area contributed by atoms with Gasteiger partial charge in [0.2, 0.25) is 0 Å². The minimum absolute atomic E-state index is 0.173. The van der Waals surface area contributed by atoms with Crippen molar-refractivity contribution in [2.75, 3.05) is 13.2 Å². The molecule has 5 nitrogen and oxygen atoms in total. The molecule has 0 aliphatic rings. The number of hydrogen-bond acceptors (Lipinski definition) is 4. The number of nitrogens with zero attached hydrogens (tertiary/aromatic N) is 2. The van der Waals surface area contributed by atoms with Crippen LogP contribution >= 0.6 is 11.3 Å². The van der Waals surface area contributed by atoms with Gasteiger partial charge in [0, 0.05) is 11.9 Å². The van der Waals surface area contributed by atoms with E-state index < -0.39 is 12.8 Å². The molecule has 0 aliphatic carbocycles. The molecule has 0 unspecified atom stereocenters. The molecule has 0 bridgehead atoms. The van der Waals surface area contributed by atoms with Gasteiger partial charge in [0.15, 0.2) is 12.6 Å². The van der Waals surface area contributed by atoms with Crippen LogP contribution in [-0.4, -0.2) is 30.3 Å². The summed E-state index contributed by atoms with van der Waals surface area (Å²) in [6.07, 6.45) is -4.36. The molecule has 0 fully saturated rings. The van der Waals surface area contributed by atoms with Gasteiger partial charge in [0.1, 0.15) is 10.8 Å². The van der Waals surface area contributed by atoms with E-state index in [1.165, 1.54) is 6.07 Å². The van der Waals surface area contributed by atoms with Crippen LogP contribution < -0.4 is 15.4 Å². The summed E-state index contributed by atoms with van der Waals surface area (Å²) in [5.41, 5.74) is 1.83. The second-order valence-corrected chi connectivity index (χ2v) is 7.36. The number of nitrogens with one attached hydrogen (secondary N) is 2. The van der Waals surface area contributed by atoms with Gasteiger partial charge in [-0.05, 0) is 30.5 Å². The summed E-state index contributed by atoms with van der Waals surface area (Å²) in [5.74, 6) is 1.18. The number of alkyl halides is 3. The van der Waals surface area contributed by atoms with Crippen molar-refractivity contribution in [1.29, 1.82) is 0 Å². The monoisotopic (exact) mass is 414 g/mol. The van der Waals surface area contributed by atoms with E-state index in [9.17, 15) is 13.2 Å². The highest BCUT2D eigenvalue weighted by atomic mass is 32.1. The highest BCUT2D eigenvalue weighted by Gasteiger charge is 2.28. The number of hydrogen-bond donors (Lipinski definition) is 2. The van der Waals surface area contributed by atoms with Crippen molar-refractivity contribution < 1.29 is 17.9 Å². The van der Waals surface area contributed by atoms with Gasteiger partial charge in [0.05, 0.1) is 18.8 Å². The number of halogens is 3. The zero-order chi connectivity index (χ0) is 20.6. The van der Waals surface area contributed by atoms with Gasteiger partial charge in [-0.2, -0.15) is 13.2 Å². The third-order valence-electron chi connectivity index (χ3n) is 3.63. The molecule has 1 heterocycles. The van der Waals surface area contributed by atoms with Gasteiger partial charge in [-0.1, -0.05) is 26.0 Å². The number of ether oxygens (including phenoxy) is 1. The maximum absolute atomic E-state index is 12.3. The van der Waals surface area contributed by atoms with Crippen molar-refractivity contribution in [2.45, 2.75) is 46.0 Å².